The minimum absolute atomic E-state index is 0.0860. The first kappa shape index (κ1) is 15.4. The highest BCUT2D eigenvalue weighted by atomic mass is 16.3. The van der Waals surface area contributed by atoms with E-state index in [1.165, 1.54) is 5.57 Å². The van der Waals surface area contributed by atoms with Gasteiger partial charge in [-0.1, -0.05) is 31.6 Å². The molecular formula is C18H24N2O. The predicted octanol–water partition coefficient (Wildman–Crippen LogP) is 4.32. The summed E-state index contributed by atoms with van der Waals surface area (Å²) in [5, 5.41) is 12.9. The van der Waals surface area contributed by atoms with Crippen molar-refractivity contribution in [3.05, 3.63) is 48.1 Å². The summed E-state index contributed by atoms with van der Waals surface area (Å²) < 4.78 is 0. The molecule has 0 bridgehead atoms. The van der Waals surface area contributed by atoms with Crippen molar-refractivity contribution in [2.24, 2.45) is 4.99 Å². The molecule has 0 spiro atoms. The van der Waals surface area contributed by atoms with Gasteiger partial charge in [0.2, 0.25) is 0 Å². The van der Waals surface area contributed by atoms with E-state index in [-0.39, 0.29) is 17.3 Å². The summed E-state index contributed by atoms with van der Waals surface area (Å²) in [6, 6.07) is 7.24. The van der Waals surface area contributed by atoms with Gasteiger partial charge in [0.1, 0.15) is 5.75 Å². The van der Waals surface area contributed by atoms with Gasteiger partial charge in [-0.2, -0.15) is 0 Å². The van der Waals surface area contributed by atoms with Gasteiger partial charge in [0.05, 0.1) is 11.6 Å². The van der Waals surface area contributed by atoms with Crippen molar-refractivity contribution < 1.29 is 5.11 Å². The molecule has 3 heteroatoms. The first-order valence-electron chi connectivity index (χ1n) is 7.50. The highest BCUT2D eigenvalue weighted by Gasteiger charge is 2.34. The minimum atomic E-state index is -0.264. The van der Waals surface area contributed by atoms with E-state index < -0.39 is 0 Å². The minimum Gasteiger partial charge on any atom is -0.508 e. The van der Waals surface area contributed by atoms with Crippen LogP contribution in [-0.2, 0) is 0 Å². The smallest absolute Gasteiger partial charge is 0.115 e. The van der Waals surface area contributed by atoms with Crippen molar-refractivity contribution in [3.63, 3.8) is 0 Å². The highest BCUT2D eigenvalue weighted by molar-refractivity contribution is 5.60. The predicted molar refractivity (Wildman–Crippen MR) is 90.2 cm³/mol. The zero-order valence-electron chi connectivity index (χ0n) is 13.0. The topological polar surface area (TPSA) is 44.6 Å². The summed E-state index contributed by atoms with van der Waals surface area (Å²) in [6.45, 7) is 6.43. The summed E-state index contributed by atoms with van der Waals surface area (Å²) in [7, 11) is 0. The number of nitrogens with zero attached hydrogens (tertiary/aromatic N) is 1. The van der Waals surface area contributed by atoms with E-state index in [0.29, 0.717) is 0 Å². The molecule has 21 heavy (non-hydrogen) atoms. The first-order valence-corrected chi connectivity index (χ1v) is 7.50. The molecule has 0 saturated carbocycles. The second-order valence-electron chi connectivity index (χ2n) is 5.75. The fourth-order valence-corrected chi connectivity index (χ4v) is 2.60. The normalized spacial score (nSPS) is 25.1. The lowest BCUT2D eigenvalue weighted by Crippen LogP contribution is -2.45. The number of unbranched alkanes of at least 4 members (excludes halogenated alkanes) is 1. The van der Waals surface area contributed by atoms with Gasteiger partial charge in [0.25, 0.3) is 0 Å². The lowest BCUT2D eigenvalue weighted by molar-refractivity contribution is 0.475. The molecule has 0 fully saturated rings. The highest BCUT2D eigenvalue weighted by Crippen LogP contribution is 2.30. The van der Waals surface area contributed by atoms with Gasteiger partial charge in [-0.25, -0.2) is 0 Å². The number of allylic oxidation sites excluding steroid dienone is 2. The van der Waals surface area contributed by atoms with Crippen LogP contribution in [0.1, 0.15) is 33.6 Å². The number of hydrogen-bond acceptors (Lipinski definition) is 3. The number of phenolic OH excluding ortho intramolecular Hbond substituents is 1. The maximum absolute atomic E-state index is 9.39. The van der Waals surface area contributed by atoms with E-state index in [1.54, 1.807) is 12.1 Å². The molecule has 0 radical (unpaired) electrons. The van der Waals surface area contributed by atoms with Crippen LogP contribution in [0.3, 0.4) is 0 Å². The Morgan fingerprint density at radius 3 is 2.71 bits per heavy atom. The zero-order chi connectivity index (χ0) is 15.3. The van der Waals surface area contributed by atoms with Crippen LogP contribution in [0.15, 0.2) is 53.1 Å². The van der Waals surface area contributed by atoms with Crippen molar-refractivity contribution in [2.75, 3.05) is 5.32 Å². The standard InChI is InChI=1S/C18H24N2O/c1-4-5-13-19-17-14(2)7-6-12-18(17,3)20-15-8-10-16(21)11-9-15/h6-13,17,20-21H,4-5H2,1-3H3. The number of aliphatic imine (C=N–C) groups is 1. The van der Waals surface area contributed by atoms with Crippen LogP contribution in [0.2, 0.25) is 0 Å². The molecule has 2 unspecified atom stereocenters. The Kier molecular flexibility index (Phi) is 4.84. The lowest BCUT2D eigenvalue weighted by Gasteiger charge is -2.37. The molecule has 1 aromatic rings. The van der Waals surface area contributed by atoms with Crippen molar-refractivity contribution in [1.82, 2.24) is 0 Å². The van der Waals surface area contributed by atoms with Crippen LogP contribution in [0.25, 0.3) is 0 Å². The van der Waals surface area contributed by atoms with E-state index in [1.807, 2.05) is 18.3 Å². The van der Waals surface area contributed by atoms with E-state index in [4.69, 9.17) is 4.99 Å². The Labute approximate surface area is 127 Å². The average Bonchev–Trinajstić information content (AvgIpc) is 2.45. The monoisotopic (exact) mass is 284 g/mol. The van der Waals surface area contributed by atoms with Gasteiger partial charge in [-0.05, 0) is 56.3 Å². The maximum Gasteiger partial charge on any atom is 0.115 e. The van der Waals surface area contributed by atoms with Gasteiger partial charge in [-0.15, -0.1) is 0 Å². The van der Waals surface area contributed by atoms with Crippen LogP contribution in [0.5, 0.6) is 5.75 Å². The number of hydrogen-bond donors (Lipinski definition) is 2. The summed E-state index contributed by atoms with van der Waals surface area (Å²) in [5.41, 5.74) is 1.96. The van der Waals surface area contributed by atoms with Crippen LogP contribution >= 0.6 is 0 Å². The maximum atomic E-state index is 9.39. The second kappa shape index (κ2) is 6.61. The number of aromatic hydroxyl groups is 1. The van der Waals surface area contributed by atoms with Crippen molar-refractivity contribution >= 4 is 11.9 Å². The Hall–Kier alpha value is -2.03. The molecular weight excluding hydrogens is 260 g/mol. The summed E-state index contributed by atoms with van der Waals surface area (Å²) in [6.07, 6.45) is 10.5. The summed E-state index contributed by atoms with van der Waals surface area (Å²) in [4.78, 5) is 4.76. The molecule has 3 nitrogen and oxygen atoms in total. The molecule has 2 atom stereocenters. The zero-order valence-corrected chi connectivity index (χ0v) is 13.0. The van der Waals surface area contributed by atoms with Crippen LogP contribution in [-0.4, -0.2) is 22.9 Å². The second-order valence-corrected chi connectivity index (χ2v) is 5.75. The van der Waals surface area contributed by atoms with E-state index in [2.05, 4.69) is 44.3 Å². The Bertz CT molecular complexity index is 557. The van der Waals surface area contributed by atoms with Crippen molar-refractivity contribution in [3.8, 4) is 5.75 Å². The Balaban J connectivity index is 2.22. The summed E-state index contributed by atoms with van der Waals surface area (Å²) >= 11 is 0. The molecule has 0 aliphatic heterocycles. The van der Waals surface area contributed by atoms with Crippen molar-refractivity contribution in [1.29, 1.82) is 0 Å². The molecule has 0 amide bonds. The largest absolute Gasteiger partial charge is 0.508 e. The number of anilines is 1. The fourth-order valence-electron chi connectivity index (χ4n) is 2.60. The van der Waals surface area contributed by atoms with Crippen LogP contribution in [0.4, 0.5) is 5.69 Å². The SMILES string of the molecule is CCCC=NC1C(C)=CC=CC1(C)Nc1ccc(O)cc1. The Morgan fingerprint density at radius 1 is 1.33 bits per heavy atom. The number of benzene rings is 1. The molecule has 112 valence electrons. The lowest BCUT2D eigenvalue weighted by atomic mass is 9.83. The van der Waals surface area contributed by atoms with E-state index in [0.717, 1.165) is 18.5 Å². The molecule has 1 aliphatic carbocycles. The van der Waals surface area contributed by atoms with Gasteiger partial charge < -0.3 is 10.4 Å². The number of phenols is 1. The van der Waals surface area contributed by atoms with Crippen molar-refractivity contribution in [2.45, 2.75) is 45.2 Å². The Morgan fingerprint density at radius 2 is 2.05 bits per heavy atom. The third kappa shape index (κ3) is 3.75. The molecule has 0 heterocycles. The fraction of sp³-hybridized carbons (Fsp3) is 0.389. The molecule has 1 aliphatic rings. The third-order valence-corrected chi connectivity index (χ3v) is 3.75. The third-order valence-electron chi connectivity index (χ3n) is 3.75. The number of rotatable bonds is 5. The van der Waals surface area contributed by atoms with Crippen LogP contribution in [0, 0.1) is 0 Å². The number of nitrogens with one attached hydrogen (secondary N) is 1. The molecule has 2 rings (SSSR count). The first-order chi connectivity index (χ1) is 10.0. The van der Waals surface area contributed by atoms with Crippen LogP contribution < -0.4 is 5.32 Å². The van der Waals surface area contributed by atoms with Gasteiger partial charge in [0, 0.05) is 5.69 Å². The van der Waals surface area contributed by atoms with E-state index >= 15 is 0 Å². The molecule has 1 aromatic carbocycles. The van der Waals surface area contributed by atoms with E-state index in [9.17, 15) is 5.11 Å². The quantitative estimate of drug-likeness (QED) is 0.625. The molecule has 0 aromatic heterocycles. The summed E-state index contributed by atoms with van der Waals surface area (Å²) in [5.74, 6) is 0.276. The molecule has 2 N–H and O–H groups in total. The van der Waals surface area contributed by atoms with Gasteiger partial charge in [-0.3, -0.25) is 4.99 Å². The van der Waals surface area contributed by atoms with Gasteiger partial charge in [0.15, 0.2) is 0 Å². The average molecular weight is 284 g/mol. The molecule has 0 saturated heterocycles. The van der Waals surface area contributed by atoms with Gasteiger partial charge >= 0.3 is 0 Å².